The summed E-state index contributed by atoms with van der Waals surface area (Å²) >= 11 is 6.08. The lowest BCUT2D eigenvalue weighted by Gasteiger charge is -2.09. The van der Waals surface area contributed by atoms with Gasteiger partial charge in [-0.1, -0.05) is 22.8 Å². The maximum atomic E-state index is 12.5. The van der Waals surface area contributed by atoms with Crippen LogP contribution in [0.3, 0.4) is 0 Å². The Kier molecular flexibility index (Phi) is 4.54. The first-order valence-corrected chi connectivity index (χ1v) is 7.19. The van der Waals surface area contributed by atoms with Crippen molar-refractivity contribution in [3.8, 4) is 28.6 Å². The lowest BCUT2D eigenvalue weighted by molar-refractivity contribution is -0.159. The average Bonchev–Trinajstić information content (AvgIpc) is 3.07. The summed E-state index contributed by atoms with van der Waals surface area (Å²) in [6.07, 6.45) is -4.71. The molecule has 5 nitrogen and oxygen atoms in total. The van der Waals surface area contributed by atoms with Gasteiger partial charge >= 0.3 is 12.1 Å². The third-order valence-electron chi connectivity index (χ3n) is 3.06. The van der Waals surface area contributed by atoms with Crippen LogP contribution >= 0.6 is 11.6 Å². The van der Waals surface area contributed by atoms with E-state index in [4.69, 9.17) is 21.1 Å². The minimum absolute atomic E-state index is 0.216. The highest BCUT2D eigenvalue weighted by atomic mass is 35.5. The number of alkyl halides is 3. The molecule has 1 heterocycles. The lowest BCUT2D eigenvalue weighted by Crippen LogP contribution is -2.04. The van der Waals surface area contributed by atoms with E-state index in [1.807, 2.05) is 0 Å². The summed E-state index contributed by atoms with van der Waals surface area (Å²) in [6.45, 7) is 0. The number of aromatic nitrogens is 2. The van der Waals surface area contributed by atoms with Crippen molar-refractivity contribution in [1.29, 1.82) is 0 Å². The van der Waals surface area contributed by atoms with Crippen LogP contribution in [0.25, 0.3) is 11.4 Å². The fourth-order valence-corrected chi connectivity index (χ4v) is 2.12. The number of hydrogen-bond acceptors (Lipinski definition) is 5. The van der Waals surface area contributed by atoms with E-state index in [1.165, 1.54) is 25.3 Å². The van der Waals surface area contributed by atoms with Gasteiger partial charge in [0.05, 0.1) is 12.1 Å². The van der Waals surface area contributed by atoms with Crippen molar-refractivity contribution in [1.82, 2.24) is 10.1 Å². The van der Waals surface area contributed by atoms with E-state index < -0.39 is 12.1 Å². The first-order chi connectivity index (χ1) is 11.9. The molecule has 129 valence electrons. The Morgan fingerprint density at radius 3 is 2.64 bits per heavy atom. The van der Waals surface area contributed by atoms with E-state index in [9.17, 15) is 13.2 Å². The zero-order valence-electron chi connectivity index (χ0n) is 12.6. The van der Waals surface area contributed by atoms with Gasteiger partial charge in [0.1, 0.15) is 17.2 Å². The van der Waals surface area contributed by atoms with Gasteiger partial charge in [-0.15, -0.1) is 0 Å². The van der Waals surface area contributed by atoms with Gasteiger partial charge in [-0.3, -0.25) is 0 Å². The number of benzene rings is 2. The van der Waals surface area contributed by atoms with Gasteiger partial charge < -0.3 is 14.0 Å². The molecule has 0 saturated carbocycles. The third-order valence-corrected chi connectivity index (χ3v) is 3.36. The number of rotatable bonds is 4. The van der Waals surface area contributed by atoms with E-state index in [0.717, 1.165) is 0 Å². The molecule has 0 atom stereocenters. The summed E-state index contributed by atoms with van der Waals surface area (Å²) in [7, 11) is 1.50. The summed E-state index contributed by atoms with van der Waals surface area (Å²) in [4.78, 5) is 3.33. The number of nitrogens with zero attached hydrogens (tertiary/aromatic N) is 2. The van der Waals surface area contributed by atoms with E-state index in [2.05, 4.69) is 20.7 Å². The highest BCUT2D eigenvalue weighted by Crippen LogP contribution is 2.34. The maximum absolute atomic E-state index is 12.5. The predicted octanol–water partition coefficient (Wildman–Crippen LogP) is 5.01. The highest BCUT2D eigenvalue weighted by molar-refractivity contribution is 6.32. The van der Waals surface area contributed by atoms with Crippen LogP contribution in [0, 0.1) is 6.07 Å². The predicted molar refractivity (Wildman–Crippen MR) is 81.6 cm³/mol. The molecule has 0 amide bonds. The molecule has 25 heavy (non-hydrogen) atoms. The van der Waals surface area contributed by atoms with E-state index in [0.29, 0.717) is 16.5 Å². The maximum Gasteiger partial charge on any atom is 0.471 e. The molecular weight excluding hydrogens is 361 g/mol. The molecule has 0 unspecified atom stereocenters. The summed E-state index contributed by atoms with van der Waals surface area (Å²) in [5.41, 5.74) is 0.276. The van der Waals surface area contributed by atoms with Crippen molar-refractivity contribution in [2.45, 2.75) is 6.18 Å². The van der Waals surface area contributed by atoms with Gasteiger partial charge in [0.25, 0.3) is 0 Å². The second-order valence-electron chi connectivity index (χ2n) is 4.76. The van der Waals surface area contributed by atoms with E-state index in [-0.39, 0.29) is 17.1 Å². The van der Waals surface area contributed by atoms with Gasteiger partial charge in [-0.05, 0) is 24.3 Å². The van der Waals surface area contributed by atoms with Crippen molar-refractivity contribution in [3.63, 3.8) is 0 Å². The Balaban J connectivity index is 1.86. The van der Waals surface area contributed by atoms with Crippen LogP contribution in [-0.2, 0) is 6.18 Å². The average molecular weight is 370 g/mol. The van der Waals surface area contributed by atoms with Crippen LogP contribution in [-0.4, -0.2) is 17.3 Å². The molecule has 0 fully saturated rings. The Hall–Kier alpha value is -2.74. The van der Waals surface area contributed by atoms with Crippen molar-refractivity contribution in [2.75, 3.05) is 7.11 Å². The molecular formula is C16H9ClF3N2O3. The number of methoxy groups -OCH3 is 1. The summed E-state index contributed by atoms with van der Waals surface area (Å²) < 4.78 is 52.5. The van der Waals surface area contributed by atoms with Gasteiger partial charge in [-0.2, -0.15) is 18.2 Å². The first kappa shape index (κ1) is 17.1. The van der Waals surface area contributed by atoms with Crippen LogP contribution < -0.4 is 9.47 Å². The largest absolute Gasteiger partial charge is 0.497 e. The molecule has 0 saturated heterocycles. The quantitative estimate of drug-likeness (QED) is 0.647. The topological polar surface area (TPSA) is 57.4 Å². The first-order valence-electron chi connectivity index (χ1n) is 6.81. The van der Waals surface area contributed by atoms with Crippen LogP contribution in [0.5, 0.6) is 17.2 Å². The fourth-order valence-electron chi connectivity index (χ4n) is 1.91. The molecule has 0 N–H and O–H groups in total. The van der Waals surface area contributed by atoms with Crippen LogP contribution in [0.2, 0.25) is 5.02 Å². The second kappa shape index (κ2) is 6.64. The standard InChI is InChI=1S/C16H9ClF3N2O3/c1-23-10-5-6-13(12(17)8-10)24-11-4-2-3-9(7-11)14-21-15(25-22-14)16(18,19)20/h2-3,5-8H,1H3. The van der Waals surface area contributed by atoms with Crippen molar-refractivity contribution < 1.29 is 27.2 Å². The van der Waals surface area contributed by atoms with Gasteiger partial charge in [-0.25, -0.2) is 0 Å². The molecule has 0 spiro atoms. The molecule has 0 bridgehead atoms. The zero-order valence-corrected chi connectivity index (χ0v) is 13.4. The highest BCUT2D eigenvalue weighted by Gasteiger charge is 2.38. The molecule has 2 aromatic carbocycles. The van der Waals surface area contributed by atoms with E-state index in [1.54, 1.807) is 18.2 Å². The Bertz CT molecular complexity index is 896. The zero-order chi connectivity index (χ0) is 18.0. The second-order valence-corrected chi connectivity index (χ2v) is 5.17. The van der Waals surface area contributed by atoms with Crippen molar-refractivity contribution in [2.24, 2.45) is 0 Å². The number of hydrogen-bond donors (Lipinski definition) is 0. The van der Waals surface area contributed by atoms with E-state index >= 15 is 0 Å². The Morgan fingerprint density at radius 2 is 2.00 bits per heavy atom. The van der Waals surface area contributed by atoms with Crippen molar-refractivity contribution in [3.05, 3.63) is 53.4 Å². The van der Waals surface area contributed by atoms with Crippen LogP contribution in [0.1, 0.15) is 5.89 Å². The van der Waals surface area contributed by atoms with Gasteiger partial charge in [0.2, 0.25) is 5.82 Å². The molecule has 3 rings (SSSR count). The SMILES string of the molecule is COc1ccc(Oc2[c]ccc(-c3noc(C(F)(F)F)n3)c2)c(Cl)c1. The summed E-state index contributed by atoms with van der Waals surface area (Å²) in [5, 5.41) is 3.63. The molecule has 1 aromatic heterocycles. The van der Waals surface area contributed by atoms with Crippen molar-refractivity contribution >= 4 is 11.6 Å². The molecule has 0 aliphatic carbocycles. The summed E-state index contributed by atoms with van der Waals surface area (Å²) in [6, 6.07) is 12.0. The van der Waals surface area contributed by atoms with Crippen LogP contribution in [0.4, 0.5) is 13.2 Å². The minimum Gasteiger partial charge on any atom is -0.497 e. The normalized spacial score (nSPS) is 11.4. The lowest BCUT2D eigenvalue weighted by atomic mass is 10.2. The molecule has 9 heteroatoms. The monoisotopic (exact) mass is 369 g/mol. The van der Waals surface area contributed by atoms with Crippen LogP contribution in [0.15, 0.2) is 40.9 Å². The fraction of sp³-hybridized carbons (Fsp3) is 0.125. The molecule has 0 aliphatic heterocycles. The number of ether oxygens (including phenoxy) is 2. The number of halogens is 4. The van der Waals surface area contributed by atoms with Gasteiger partial charge in [0, 0.05) is 17.7 Å². The van der Waals surface area contributed by atoms with Gasteiger partial charge in [0.15, 0.2) is 0 Å². The molecule has 0 aliphatic rings. The molecule has 3 aromatic rings. The molecule has 1 radical (unpaired) electrons. The summed E-state index contributed by atoms with van der Waals surface area (Å²) in [5.74, 6) is -0.521. The Morgan fingerprint density at radius 1 is 1.20 bits per heavy atom. The Labute approximate surface area is 144 Å². The third kappa shape index (κ3) is 3.85. The minimum atomic E-state index is -4.71. The smallest absolute Gasteiger partial charge is 0.471 e.